The molecule has 0 aromatic rings. The first kappa shape index (κ1) is 6.41. The summed E-state index contributed by atoms with van der Waals surface area (Å²) in [6, 6.07) is 0. The number of hydrogen-bond acceptors (Lipinski definition) is 2. The summed E-state index contributed by atoms with van der Waals surface area (Å²) in [5.41, 5.74) is 0. The van der Waals surface area contributed by atoms with Gasteiger partial charge < -0.3 is 0 Å². The van der Waals surface area contributed by atoms with Crippen molar-refractivity contribution in [2.45, 2.75) is 0 Å². The summed E-state index contributed by atoms with van der Waals surface area (Å²) in [5.74, 6) is 0. The maximum atomic E-state index is 4.47. The highest BCUT2D eigenvalue weighted by molar-refractivity contribution is 7.32. The van der Waals surface area contributed by atoms with Crippen LogP contribution in [0.4, 0.5) is 0 Å². The van der Waals surface area contributed by atoms with Crippen LogP contribution >= 0.6 is 8.81 Å². The molecule has 0 amide bonds. The average Bonchev–Trinajstić information content (AvgIpc) is 1.76. The zero-order chi connectivity index (χ0) is 3.54. The Bertz CT molecular complexity index is 23.1. The van der Waals surface area contributed by atoms with E-state index in [2.05, 4.69) is 9.56 Å². The molecule has 1 saturated heterocycles. The van der Waals surface area contributed by atoms with E-state index in [4.69, 9.17) is 0 Å². The van der Waals surface area contributed by atoms with Crippen molar-refractivity contribution in [3.63, 3.8) is 0 Å². The van der Waals surface area contributed by atoms with Crippen LogP contribution < -0.4 is 0 Å². The Labute approximate surface area is 40.6 Å². The molecule has 0 saturated carbocycles. The van der Waals surface area contributed by atoms with E-state index in [1.807, 2.05) is 0 Å². The molecule has 1 heterocycles. The fourth-order valence-electron chi connectivity index (χ4n) is 0.208. The predicted molar refractivity (Wildman–Crippen MR) is 30.2 cm³/mol. The van der Waals surface area contributed by atoms with Crippen molar-refractivity contribution in [3.05, 3.63) is 0 Å². The van der Waals surface area contributed by atoms with Gasteiger partial charge in [-0.05, 0) is 0 Å². The summed E-state index contributed by atoms with van der Waals surface area (Å²) in [4.78, 5) is 4.46. The Balaban J connectivity index is 0.000000250. The van der Waals surface area contributed by atoms with Gasteiger partial charge in [0.1, 0.15) is 0 Å². The fourth-order valence-corrected chi connectivity index (χ4v) is 0.625. The molecule has 6 heavy (non-hydrogen) atoms. The van der Waals surface area contributed by atoms with Gasteiger partial charge in [-0.15, -0.1) is 0 Å². The molecule has 2 nitrogen and oxygen atoms in total. The molecule has 1 aliphatic rings. The van der Waals surface area contributed by atoms with Gasteiger partial charge >= 0.3 is 0 Å². The quantitative estimate of drug-likeness (QED) is 0.232. The Morgan fingerprint density at radius 1 is 1.50 bits per heavy atom. The van der Waals surface area contributed by atoms with E-state index < -0.39 is 0 Å². The summed E-state index contributed by atoms with van der Waals surface area (Å²) < 4.78 is 4.47. The Morgan fingerprint density at radius 2 is 2.33 bits per heavy atom. The average molecular weight is 106 g/mol. The van der Waals surface area contributed by atoms with Crippen LogP contribution in [-0.2, 0) is 9.56 Å². The molecule has 4 heteroatoms. The van der Waals surface area contributed by atoms with E-state index >= 15 is 0 Å². The van der Waals surface area contributed by atoms with E-state index in [0.717, 1.165) is 12.8 Å². The van der Waals surface area contributed by atoms with E-state index in [0.29, 0.717) is 8.81 Å². The van der Waals surface area contributed by atoms with Gasteiger partial charge in [-0.3, -0.25) is 0 Å². The minimum atomic E-state index is 0. The SMILES string of the molecule is B.C1CPOO1. The maximum Gasteiger partial charge on any atom is 0.0884 e. The predicted octanol–water partition coefficient (Wildman–Crippen LogP) is -0.642. The van der Waals surface area contributed by atoms with Crippen molar-refractivity contribution < 1.29 is 9.56 Å². The zero-order valence-corrected chi connectivity index (χ0v) is 3.73. The van der Waals surface area contributed by atoms with Gasteiger partial charge in [0.25, 0.3) is 0 Å². The highest BCUT2D eigenvalue weighted by atomic mass is 31.1. The molecule has 0 aromatic heterocycles. The summed E-state index contributed by atoms with van der Waals surface area (Å²) in [6.45, 7) is 0.790. The smallest absolute Gasteiger partial charge is 0.0884 e. The molecule has 0 bridgehead atoms. The Morgan fingerprint density at radius 3 is 2.50 bits per heavy atom. The van der Waals surface area contributed by atoms with Crippen LogP contribution in [0.15, 0.2) is 0 Å². The van der Waals surface area contributed by atoms with Crippen LogP contribution in [-0.4, -0.2) is 21.2 Å². The van der Waals surface area contributed by atoms with Gasteiger partial charge in [-0.2, -0.15) is 0 Å². The first-order chi connectivity index (χ1) is 2.50. The van der Waals surface area contributed by atoms with Crippen molar-refractivity contribution in [2.75, 3.05) is 12.8 Å². The fraction of sp³-hybridized carbons (Fsp3) is 1.00. The molecule has 0 aliphatic carbocycles. The van der Waals surface area contributed by atoms with Gasteiger partial charge in [0, 0.05) is 6.16 Å². The maximum absolute atomic E-state index is 4.47. The molecule has 1 rings (SSSR count). The lowest BCUT2D eigenvalue weighted by Crippen LogP contribution is -1.76. The van der Waals surface area contributed by atoms with Crippen LogP contribution in [0.2, 0.25) is 0 Å². The van der Waals surface area contributed by atoms with Crippen LogP contribution in [0.25, 0.3) is 0 Å². The van der Waals surface area contributed by atoms with Crippen molar-refractivity contribution in [1.82, 2.24) is 0 Å². The molecule has 36 valence electrons. The molecule has 1 unspecified atom stereocenters. The minimum Gasteiger partial charge on any atom is -0.233 e. The minimum absolute atomic E-state index is 0. The topological polar surface area (TPSA) is 18.5 Å². The van der Waals surface area contributed by atoms with E-state index in [1.165, 1.54) is 0 Å². The highest BCUT2D eigenvalue weighted by Crippen LogP contribution is 2.17. The number of rotatable bonds is 0. The zero-order valence-electron chi connectivity index (χ0n) is 2.73. The van der Waals surface area contributed by atoms with Gasteiger partial charge in [-0.1, -0.05) is 0 Å². The molecular formula is C2H8BO2P. The lowest BCUT2D eigenvalue weighted by atomic mass is 10.8. The summed E-state index contributed by atoms with van der Waals surface area (Å²) in [7, 11) is 0.586. The Kier molecular flexibility index (Phi) is 3.85. The first-order valence-corrected chi connectivity index (χ1v) is 2.63. The van der Waals surface area contributed by atoms with Gasteiger partial charge in [0.05, 0.1) is 23.8 Å². The molecular weight excluding hydrogens is 97.8 g/mol. The third-order valence-electron chi connectivity index (χ3n) is 0.405. The molecule has 1 aliphatic heterocycles. The second kappa shape index (κ2) is 3.60. The molecule has 0 spiro atoms. The van der Waals surface area contributed by atoms with Gasteiger partial charge in [-0.25, -0.2) is 9.56 Å². The summed E-state index contributed by atoms with van der Waals surface area (Å²) in [6.07, 6.45) is 1.08. The van der Waals surface area contributed by atoms with Crippen molar-refractivity contribution in [3.8, 4) is 0 Å². The molecule has 1 fully saturated rings. The normalized spacial score (nSPS) is 24.0. The Hall–Kier alpha value is 0.415. The largest absolute Gasteiger partial charge is 0.233 e. The first-order valence-electron chi connectivity index (χ1n) is 1.51. The third kappa shape index (κ3) is 1.76. The standard InChI is InChI=1S/C2H5O2P.BH3/c1-2-5-4-3-1;/h5H,1-2H2;1H3. The lowest BCUT2D eigenvalue weighted by molar-refractivity contribution is -0.172. The van der Waals surface area contributed by atoms with Crippen LogP contribution in [0, 0.1) is 0 Å². The molecule has 0 aromatic carbocycles. The van der Waals surface area contributed by atoms with E-state index in [1.54, 1.807) is 0 Å². The lowest BCUT2D eigenvalue weighted by Gasteiger charge is -1.77. The monoisotopic (exact) mass is 106 g/mol. The van der Waals surface area contributed by atoms with Crippen LogP contribution in [0.5, 0.6) is 0 Å². The molecule has 1 atom stereocenters. The third-order valence-corrected chi connectivity index (χ3v) is 1.05. The summed E-state index contributed by atoms with van der Waals surface area (Å²) >= 11 is 0. The van der Waals surface area contributed by atoms with Crippen molar-refractivity contribution >= 4 is 17.2 Å². The molecule has 0 radical (unpaired) electrons. The molecule has 0 N–H and O–H groups in total. The van der Waals surface area contributed by atoms with Gasteiger partial charge in [0.15, 0.2) is 0 Å². The van der Waals surface area contributed by atoms with Crippen LogP contribution in [0.1, 0.15) is 0 Å². The van der Waals surface area contributed by atoms with E-state index in [9.17, 15) is 0 Å². The second-order valence-corrected chi connectivity index (χ2v) is 1.75. The summed E-state index contributed by atoms with van der Waals surface area (Å²) in [5, 5.41) is 0. The van der Waals surface area contributed by atoms with Crippen LogP contribution in [0.3, 0.4) is 0 Å². The van der Waals surface area contributed by atoms with E-state index in [-0.39, 0.29) is 8.41 Å². The van der Waals surface area contributed by atoms with Crippen molar-refractivity contribution in [2.24, 2.45) is 0 Å². The van der Waals surface area contributed by atoms with Crippen molar-refractivity contribution in [1.29, 1.82) is 0 Å². The highest BCUT2D eigenvalue weighted by Gasteiger charge is 1.96. The second-order valence-electron chi connectivity index (χ2n) is 0.800. The van der Waals surface area contributed by atoms with Gasteiger partial charge in [0.2, 0.25) is 0 Å². The number of hydrogen-bond donors (Lipinski definition) is 0.